The summed E-state index contributed by atoms with van der Waals surface area (Å²) in [6, 6.07) is 30.6. The number of carboxylic acids is 1. The van der Waals surface area contributed by atoms with Gasteiger partial charge in [0, 0.05) is 16.5 Å². The first-order valence-corrected chi connectivity index (χ1v) is 12.7. The van der Waals surface area contributed by atoms with Crippen LogP contribution in [0.4, 0.5) is 5.69 Å². The van der Waals surface area contributed by atoms with Crippen LogP contribution in [0.1, 0.15) is 17.9 Å². The lowest BCUT2D eigenvalue weighted by Gasteiger charge is -2.28. The van der Waals surface area contributed by atoms with Crippen molar-refractivity contribution in [3.8, 4) is 22.6 Å². The Balaban J connectivity index is 1.49. The van der Waals surface area contributed by atoms with Gasteiger partial charge in [-0.3, -0.25) is 8.86 Å². The van der Waals surface area contributed by atoms with Crippen molar-refractivity contribution in [3.63, 3.8) is 0 Å². The Labute approximate surface area is 216 Å². The number of ether oxygens (including phenoxy) is 1. The zero-order valence-corrected chi connectivity index (χ0v) is 20.5. The Hall–Kier alpha value is -3.65. The van der Waals surface area contributed by atoms with E-state index >= 15 is 0 Å². The minimum absolute atomic E-state index is 0.155. The number of hydrogen-bond donors (Lipinski definition) is 2. The molecule has 0 spiro atoms. The highest BCUT2D eigenvalue weighted by Gasteiger charge is 2.67. The summed E-state index contributed by atoms with van der Waals surface area (Å²) in [6.07, 6.45) is 0.155. The number of para-hydroxylation sites is 2. The van der Waals surface area contributed by atoms with Gasteiger partial charge in [0.2, 0.25) is 0 Å². The van der Waals surface area contributed by atoms with E-state index in [-0.39, 0.29) is 6.42 Å². The van der Waals surface area contributed by atoms with E-state index in [1.54, 1.807) is 54.6 Å². The molecule has 182 valence electrons. The Bertz CT molecular complexity index is 1410. The Morgan fingerprint density at radius 3 is 2.08 bits per heavy atom. The normalized spacial score (nSPS) is 19.3. The first-order valence-electron chi connectivity index (χ1n) is 11.2. The highest BCUT2D eigenvalue weighted by atomic mass is 35.5. The smallest absolute Gasteiger partial charge is 0.331 e. The number of rotatable bonds is 8. The number of nitrogens with zero attached hydrogens (tertiary/aromatic N) is 1. The van der Waals surface area contributed by atoms with Gasteiger partial charge < -0.3 is 9.84 Å². The van der Waals surface area contributed by atoms with Gasteiger partial charge in [0.25, 0.3) is 11.3 Å². The molecule has 0 heterocycles. The molecule has 1 aliphatic carbocycles. The van der Waals surface area contributed by atoms with Crippen molar-refractivity contribution >= 4 is 34.5 Å². The zero-order valence-electron chi connectivity index (χ0n) is 19.0. The first kappa shape index (κ1) is 24.1. The molecule has 0 saturated heterocycles. The van der Waals surface area contributed by atoms with Crippen LogP contribution < -0.4 is 9.04 Å². The minimum Gasteiger partial charge on any atom is -0.479 e. The lowest BCUT2D eigenvalue weighted by molar-refractivity contribution is -0.139. The summed E-state index contributed by atoms with van der Waals surface area (Å²) in [7, 11) is 0. The summed E-state index contributed by atoms with van der Waals surface area (Å²) >= 11 is 3.39. The molecular weight excluding hydrogens is 498 g/mol. The van der Waals surface area contributed by atoms with E-state index in [0.717, 1.165) is 15.4 Å². The van der Waals surface area contributed by atoms with Gasteiger partial charge >= 0.3 is 5.97 Å². The standard InChI is InChI=1S/C28H22ClNO5S/c29-21-14-10-19(11-15-21)20-12-16-22(17-13-20)30(36(33)34)28(27(31)32)18-25(28)24-8-4-5-9-26(24)35-23-6-2-1-3-7-23/h1-17,25H,18H2,(H,31,32)(H,33,34). The monoisotopic (exact) mass is 519 g/mol. The van der Waals surface area contributed by atoms with Crippen molar-refractivity contribution in [1.29, 1.82) is 0 Å². The Morgan fingerprint density at radius 2 is 1.47 bits per heavy atom. The molecule has 1 fully saturated rings. The summed E-state index contributed by atoms with van der Waals surface area (Å²) in [5.74, 6) is -0.598. The number of halogens is 1. The maximum absolute atomic E-state index is 12.6. The van der Waals surface area contributed by atoms with E-state index in [0.29, 0.717) is 27.8 Å². The Morgan fingerprint density at radius 1 is 0.889 bits per heavy atom. The van der Waals surface area contributed by atoms with Gasteiger partial charge in [0.1, 0.15) is 11.5 Å². The van der Waals surface area contributed by atoms with Crippen LogP contribution in [0, 0.1) is 0 Å². The molecule has 36 heavy (non-hydrogen) atoms. The van der Waals surface area contributed by atoms with E-state index in [2.05, 4.69) is 0 Å². The van der Waals surface area contributed by atoms with Crippen molar-refractivity contribution in [3.05, 3.63) is 114 Å². The second-order valence-electron chi connectivity index (χ2n) is 8.52. The fourth-order valence-corrected chi connectivity index (χ4v) is 5.52. The second kappa shape index (κ2) is 9.78. The molecule has 0 aliphatic heterocycles. The summed E-state index contributed by atoms with van der Waals surface area (Å²) in [4.78, 5) is 12.6. The second-order valence-corrected chi connectivity index (χ2v) is 9.78. The van der Waals surface area contributed by atoms with E-state index in [4.69, 9.17) is 16.3 Å². The molecule has 0 amide bonds. The average molecular weight is 520 g/mol. The highest BCUT2D eigenvalue weighted by Crippen LogP contribution is 2.59. The third kappa shape index (κ3) is 4.48. The van der Waals surface area contributed by atoms with E-state index < -0.39 is 28.7 Å². The van der Waals surface area contributed by atoms with Gasteiger partial charge in [-0.25, -0.2) is 9.00 Å². The minimum atomic E-state index is -2.58. The van der Waals surface area contributed by atoms with Crippen LogP contribution in [0.3, 0.4) is 0 Å². The number of hydrogen-bond acceptors (Lipinski definition) is 3. The topological polar surface area (TPSA) is 87.1 Å². The first-order chi connectivity index (χ1) is 17.4. The lowest BCUT2D eigenvalue weighted by atomic mass is 10.0. The summed E-state index contributed by atoms with van der Waals surface area (Å²) in [5.41, 5.74) is 1.19. The van der Waals surface area contributed by atoms with Crippen LogP contribution in [-0.2, 0) is 16.1 Å². The number of carboxylic acid groups (broad SMARTS) is 1. The van der Waals surface area contributed by atoms with Crippen LogP contribution >= 0.6 is 11.6 Å². The fourth-order valence-electron chi connectivity index (χ4n) is 4.54. The SMILES string of the molecule is O=C(O)C1(N(c2ccc(-c3ccc(Cl)cc3)cc2)S(=O)O)CC1c1ccccc1Oc1ccccc1. The van der Waals surface area contributed by atoms with Gasteiger partial charge in [-0.15, -0.1) is 0 Å². The van der Waals surface area contributed by atoms with Crippen LogP contribution in [0.25, 0.3) is 11.1 Å². The molecule has 0 radical (unpaired) electrons. The van der Waals surface area contributed by atoms with Gasteiger partial charge in [-0.05, 0) is 60.0 Å². The zero-order chi connectivity index (χ0) is 25.3. The molecule has 6 nitrogen and oxygen atoms in total. The molecule has 3 atom stereocenters. The van der Waals surface area contributed by atoms with Crippen molar-refractivity contribution in [2.24, 2.45) is 0 Å². The van der Waals surface area contributed by atoms with Crippen LogP contribution in [-0.4, -0.2) is 25.4 Å². The lowest BCUT2D eigenvalue weighted by Crippen LogP contribution is -2.46. The summed E-state index contributed by atoms with van der Waals surface area (Å²) < 4.78 is 29.9. The molecule has 0 aromatic heterocycles. The molecule has 4 aromatic carbocycles. The summed E-state index contributed by atoms with van der Waals surface area (Å²) in [6.45, 7) is 0. The molecule has 1 saturated carbocycles. The number of anilines is 1. The third-order valence-electron chi connectivity index (χ3n) is 6.37. The highest BCUT2D eigenvalue weighted by molar-refractivity contribution is 7.80. The number of carbonyl (C=O) groups is 1. The van der Waals surface area contributed by atoms with Crippen LogP contribution in [0.5, 0.6) is 11.5 Å². The van der Waals surface area contributed by atoms with Gasteiger partial charge in [0.15, 0.2) is 5.54 Å². The van der Waals surface area contributed by atoms with Crippen molar-refractivity contribution in [2.75, 3.05) is 4.31 Å². The Kier molecular flexibility index (Phi) is 6.53. The third-order valence-corrected chi connectivity index (χ3v) is 7.47. The predicted octanol–water partition coefficient (Wildman–Crippen LogP) is 6.75. The molecule has 2 N–H and O–H groups in total. The maximum atomic E-state index is 12.6. The molecule has 5 rings (SSSR count). The predicted molar refractivity (Wildman–Crippen MR) is 141 cm³/mol. The van der Waals surface area contributed by atoms with Crippen LogP contribution in [0.2, 0.25) is 5.02 Å². The number of benzene rings is 4. The fraction of sp³-hybridized carbons (Fsp3) is 0.107. The van der Waals surface area contributed by atoms with Gasteiger partial charge in [0.05, 0.1) is 5.69 Å². The van der Waals surface area contributed by atoms with Crippen molar-refractivity contribution < 1.29 is 23.4 Å². The van der Waals surface area contributed by atoms with E-state index in [1.165, 1.54) is 0 Å². The molecular formula is C28H22ClNO5S. The van der Waals surface area contributed by atoms with Crippen LogP contribution in [0.15, 0.2) is 103 Å². The van der Waals surface area contributed by atoms with Gasteiger partial charge in [-0.1, -0.05) is 72.3 Å². The average Bonchev–Trinajstić information content (AvgIpc) is 3.62. The molecule has 8 heteroatoms. The van der Waals surface area contributed by atoms with Crippen molar-refractivity contribution in [2.45, 2.75) is 17.9 Å². The van der Waals surface area contributed by atoms with E-state index in [9.17, 15) is 18.7 Å². The largest absolute Gasteiger partial charge is 0.479 e. The molecule has 4 aromatic rings. The summed E-state index contributed by atoms with van der Waals surface area (Å²) in [5, 5.41) is 10.9. The molecule has 1 aliphatic rings. The van der Waals surface area contributed by atoms with Gasteiger partial charge in [-0.2, -0.15) is 0 Å². The maximum Gasteiger partial charge on any atom is 0.331 e. The quantitative estimate of drug-likeness (QED) is 0.251. The molecule has 3 unspecified atom stereocenters. The van der Waals surface area contributed by atoms with E-state index in [1.807, 2.05) is 48.5 Å². The molecule has 0 bridgehead atoms. The van der Waals surface area contributed by atoms with Crippen molar-refractivity contribution in [1.82, 2.24) is 0 Å². The number of aliphatic carboxylic acids is 1.